The number of nitrogens with one attached hydrogen (secondary N) is 1. The average molecular weight is 318 g/mol. The molecule has 0 atom stereocenters. The zero-order valence-electron chi connectivity index (χ0n) is 12.0. The van der Waals surface area contributed by atoms with Gasteiger partial charge in [0.2, 0.25) is 5.88 Å². The van der Waals surface area contributed by atoms with Gasteiger partial charge in [0.05, 0.1) is 17.4 Å². The van der Waals surface area contributed by atoms with Gasteiger partial charge in [-0.1, -0.05) is 17.3 Å². The first-order valence-electron chi connectivity index (χ1n) is 6.55. The monoisotopic (exact) mass is 318 g/mol. The summed E-state index contributed by atoms with van der Waals surface area (Å²) in [4.78, 5) is 0.216. The van der Waals surface area contributed by atoms with Crippen molar-refractivity contribution in [2.75, 3.05) is 4.72 Å². The van der Waals surface area contributed by atoms with Crippen molar-refractivity contribution in [1.29, 1.82) is 0 Å². The molecule has 0 aliphatic heterocycles. The highest BCUT2D eigenvalue weighted by Crippen LogP contribution is 2.25. The van der Waals surface area contributed by atoms with Crippen molar-refractivity contribution in [2.45, 2.75) is 18.7 Å². The normalized spacial score (nSPS) is 11.5. The number of furan rings is 1. The standard InChI is InChI=1S/C15H14N2O4S/c1-10-3-4-11(2)14(7-10)22(18,19)17-15-8-13(16-21-15)12-5-6-20-9-12/h3-9,17H,1-2H3. The van der Waals surface area contributed by atoms with E-state index in [4.69, 9.17) is 8.94 Å². The number of hydrogen-bond acceptors (Lipinski definition) is 5. The number of aryl methyl sites for hydroxylation is 2. The van der Waals surface area contributed by atoms with Gasteiger partial charge in [0.25, 0.3) is 10.0 Å². The highest BCUT2D eigenvalue weighted by atomic mass is 32.2. The van der Waals surface area contributed by atoms with Crippen LogP contribution in [0.4, 0.5) is 5.88 Å². The Hall–Kier alpha value is -2.54. The topological polar surface area (TPSA) is 85.3 Å². The van der Waals surface area contributed by atoms with Crippen molar-refractivity contribution in [3.63, 3.8) is 0 Å². The first kappa shape index (κ1) is 14.4. The summed E-state index contributed by atoms with van der Waals surface area (Å²) in [5.41, 5.74) is 2.73. The molecule has 0 spiro atoms. The van der Waals surface area contributed by atoms with E-state index in [1.165, 1.54) is 18.6 Å². The number of rotatable bonds is 4. The quantitative estimate of drug-likeness (QED) is 0.797. The third-order valence-electron chi connectivity index (χ3n) is 3.20. The maximum atomic E-state index is 12.5. The largest absolute Gasteiger partial charge is 0.472 e. The Kier molecular flexibility index (Phi) is 3.50. The summed E-state index contributed by atoms with van der Waals surface area (Å²) in [6.45, 7) is 3.58. The smallest absolute Gasteiger partial charge is 0.264 e. The third-order valence-corrected chi connectivity index (χ3v) is 4.68. The maximum Gasteiger partial charge on any atom is 0.264 e. The van der Waals surface area contributed by atoms with Crippen molar-refractivity contribution >= 4 is 15.9 Å². The van der Waals surface area contributed by atoms with Gasteiger partial charge >= 0.3 is 0 Å². The summed E-state index contributed by atoms with van der Waals surface area (Å²) in [6.07, 6.45) is 3.00. The van der Waals surface area contributed by atoms with Crippen molar-refractivity contribution in [3.05, 3.63) is 54.0 Å². The molecule has 22 heavy (non-hydrogen) atoms. The first-order chi connectivity index (χ1) is 10.5. The van der Waals surface area contributed by atoms with E-state index in [1.54, 1.807) is 25.1 Å². The lowest BCUT2D eigenvalue weighted by molar-refractivity contribution is 0.438. The molecule has 0 saturated carbocycles. The maximum absolute atomic E-state index is 12.5. The Balaban J connectivity index is 1.90. The number of anilines is 1. The zero-order valence-corrected chi connectivity index (χ0v) is 12.8. The number of benzene rings is 1. The van der Waals surface area contributed by atoms with Gasteiger partial charge in [-0.2, -0.15) is 0 Å². The van der Waals surface area contributed by atoms with E-state index < -0.39 is 10.0 Å². The summed E-state index contributed by atoms with van der Waals surface area (Å²) < 4.78 is 37.3. The summed E-state index contributed by atoms with van der Waals surface area (Å²) in [5, 5.41) is 3.81. The number of nitrogens with zero attached hydrogens (tertiary/aromatic N) is 1. The summed E-state index contributed by atoms with van der Waals surface area (Å²) >= 11 is 0. The molecule has 0 aliphatic carbocycles. The van der Waals surface area contributed by atoms with Crippen LogP contribution in [-0.2, 0) is 10.0 Å². The van der Waals surface area contributed by atoms with Gasteiger partial charge in [-0.3, -0.25) is 0 Å². The van der Waals surface area contributed by atoms with Gasteiger partial charge in [-0.15, -0.1) is 0 Å². The predicted molar refractivity (Wildman–Crippen MR) is 80.9 cm³/mol. The van der Waals surface area contributed by atoms with Gasteiger partial charge in [0, 0.05) is 11.6 Å². The average Bonchev–Trinajstić information content (AvgIpc) is 3.11. The molecule has 1 aromatic carbocycles. The van der Waals surface area contributed by atoms with Crippen LogP contribution in [0.5, 0.6) is 0 Å². The molecule has 0 radical (unpaired) electrons. The summed E-state index contributed by atoms with van der Waals surface area (Å²) in [7, 11) is -3.73. The summed E-state index contributed by atoms with van der Waals surface area (Å²) in [5.74, 6) is 0.0529. The fourth-order valence-corrected chi connectivity index (χ4v) is 3.36. The van der Waals surface area contributed by atoms with Crippen molar-refractivity contribution in [3.8, 4) is 11.3 Å². The molecule has 0 bridgehead atoms. The molecular weight excluding hydrogens is 304 g/mol. The Morgan fingerprint density at radius 3 is 2.68 bits per heavy atom. The van der Waals surface area contributed by atoms with Gasteiger partial charge in [0.1, 0.15) is 5.69 Å². The van der Waals surface area contributed by atoms with Crippen LogP contribution >= 0.6 is 0 Å². The van der Waals surface area contributed by atoms with Gasteiger partial charge in [-0.25, -0.2) is 13.1 Å². The minimum Gasteiger partial charge on any atom is -0.472 e. The van der Waals surface area contributed by atoms with Crippen LogP contribution in [-0.4, -0.2) is 13.6 Å². The molecule has 0 amide bonds. The Bertz CT molecular complexity index is 896. The molecule has 2 aromatic heterocycles. The van der Waals surface area contributed by atoms with E-state index in [0.29, 0.717) is 16.8 Å². The fourth-order valence-electron chi connectivity index (χ4n) is 2.05. The minimum atomic E-state index is -3.73. The predicted octanol–water partition coefficient (Wildman–Crippen LogP) is 3.35. The lowest BCUT2D eigenvalue weighted by Crippen LogP contribution is -2.14. The molecular formula is C15H14N2O4S. The number of sulfonamides is 1. The Morgan fingerprint density at radius 2 is 1.95 bits per heavy atom. The van der Waals surface area contributed by atoms with Crippen LogP contribution in [0.15, 0.2) is 56.7 Å². The fraction of sp³-hybridized carbons (Fsp3) is 0.133. The van der Waals surface area contributed by atoms with Crippen LogP contribution in [0.25, 0.3) is 11.3 Å². The van der Waals surface area contributed by atoms with Crippen molar-refractivity contribution in [1.82, 2.24) is 5.16 Å². The second kappa shape index (κ2) is 5.34. The third kappa shape index (κ3) is 2.75. The molecule has 2 heterocycles. The van der Waals surface area contributed by atoms with Gasteiger partial charge in [0.15, 0.2) is 0 Å². The Labute approximate surface area is 127 Å². The molecule has 0 unspecified atom stereocenters. The molecule has 0 saturated heterocycles. The molecule has 114 valence electrons. The Morgan fingerprint density at radius 1 is 1.14 bits per heavy atom. The lowest BCUT2D eigenvalue weighted by Gasteiger charge is -2.08. The van der Waals surface area contributed by atoms with Crippen LogP contribution in [0.3, 0.4) is 0 Å². The summed E-state index contributed by atoms with van der Waals surface area (Å²) in [6, 6.07) is 8.46. The minimum absolute atomic E-state index is 0.0529. The van der Waals surface area contributed by atoms with Crippen molar-refractivity contribution < 1.29 is 17.4 Å². The molecule has 6 nitrogen and oxygen atoms in total. The highest BCUT2D eigenvalue weighted by Gasteiger charge is 2.19. The first-order valence-corrected chi connectivity index (χ1v) is 8.03. The molecule has 7 heteroatoms. The highest BCUT2D eigenvalue weighted by molar-refractivity contribution is 7.92. The van der Waals surface area contributed by atoms with E-state index in [0.717, 1.165) is 5.56 Å². The van der Waals surface area contributed by atoms with Gasteiger partial charge in [-0.05, 0) is 37.1 Å². The SMILES string of the molecule is Cc1ccc(C)c(S(=O)(=O)Nc2cc(-c3ccoc3)no2)c1. The molecule has 0 fully saturated rings. The molecule has 0 aliphatic rings. The van der Waals surface area contributed by atoms with Gasteiger partial charge < -0.3 is 8.94 Å². The lowest BCUT2D eigenvalue weighted by atomic mass is 10.2. The van der Waals surface area contributed by atoms with Crippen molar-refractivity contribution in [2.24, 2.45) is 0 Å². The van der Waals surface area contributed by atoms with Crippen LogP contribution in [0.1, 0.15) is 11.1 Å². The van der Waals surface area contributed by atoms with E-state index in [1.807, 2.05) is 13.0 Å². The number of hydrogen-bond donors (Lipinski definition) is 1. The zero-order chi connectivity index (χ0) is 15.7. The van der Waals surface area contributed by atoms with E-state index in [2.05, 4.69) is 9.88 Å². The second-order valence-electron chi connectivity index (χ2n) is 4.96. The molecule has 3 aromatic rings. The van der Waals surface area contributed by atoms with E-state index >= 15 is 0 Å². The van der Waals surface area contributed by atoms with Crippen LogP contribution in [0, 0.1) is 13.8 Å². The van der Waals surface area contributed by atoms with Crippen LogP contribution in [0.2, 0.25) is 0 Å². The molecule has 1 N–H and O–H groups in total. The van der Waals surface area contributed by atoms with E-state index in [9.17, 15) is 8.42 Å². The van der Waals surface area contributed by atoms with Crippen LogP contribution < -0.4 is 4.72 Å². The second-order valence-corrected chi connectivity index (χ2v) is 6.61. The van der Waals surface area contributed by atoms with E-state index in [-0.39, 0.29) is 10.8 Å². The molecule has 3 rings (SSSR count). The number of aromatic nitrogens is 1.